The van der Waals surface area contributed by atoms with Gasteiger partial charge in [0.25, 0.3) is 6.43 Å². The summed E-state index contributed by atoms with van der Waals surface area (Å²) in [5.41, 5.74) is -1.19. The van der Waals surface area contributed by atoms with Crippen LogP contribution in [0.15, 0.2) is 6.20 Å². The lowest BCUT2D eigenvalue weighted by molar-refractivity contribution is 0.0682. The fourth-order valence-electron chi connectivity index (χ4n) is 1.26. The second kappa shape index (κ2) is 5.07. The van der Waals surface area contributed by atoms with Gasteiger partial charge in [-0.1, -0.05) is 0 Å². The average Bonchev–Trinajstić information content (AvgIpc) is 2.26. The van der Waals surface area contributed by atoms with Crippen LogP contribution in [-0.2, 0) is 5.88 Å². The number of carboxylic acids is 1. The maximum atomic E-state index is 12.7. The molecule has 0 aliphatic heterocycles. The van der Waals surface area contributed by atoms with Crippen LogP contribution in [0.3, 0.4) is 0 Å². The lowest BCUT2D eigenvalue weighted by Gasteiger charge is -2.13. The molecule has 1 aromatic rings. The number of hydrogen-bond acceptors (Lipinski definition) is 3. The fourth-order valence-corrected chi connectivity index (χ4v) is 1.45. The highest BCUT2D eigenvalue weighted by molar-refractivity contribution is 6.17. The minimum absolute atomic E-state index is 0.0875. The van der Waals surface area contributed by atoms with Crippen molar-refractivity contribution in [3.63, 3.8) is 0 Å². The zero-order valence-corrected chi connectivity index (χ0v) is 8.96. The van der Waals surface area contributed by atoms with Crippen molar-refractivity contribution in [2.45, 2.75) is 12.3 Å². The third kappa shape index (κ3) is 2.21. The molecule has 0 atom stereocenters. The number of ether oxygens (including phenoxy) is 1. The van der Waals surface area contributed by atoms with E-state index in [-0.39, 0.29) is 17.3 Å². The summed E-state index contributed by atoms with van der Waals surface area (Å²) in [6.45, 7) is 0. The standard InChI is InChI=1S/C9H8ClF2NO3/c1-16-7-5(2-10)13-3-4(9(14)15)6(7)8(11)12/h3,8H,2H2,1H3,(H,14,15). The van der Waals surface area contributed by atoms with Crippen LogP contribution in [0.2, 0.25) is 0 Å². The van der Waals surface area contributed by atoms with Gasteiger partial charge < -0.3 is 9.84 Å². The molecule has 0 spiro atoms. The van der Waals surface area contributed by atoms with Gasteiger partial charge in [-0.15, -0.1) is 11.6 Å². The molecular weight excluding hydrogens is 244 g/mol. The molecule has 88 valence electrons. The van der Waals surface area contributed by atoms with E-state index in [9.17, 15) is 13.6 Å². The van der Waals surface area contributed by atoms with Crippen molar-refractivity contribution >= 4 is 17.6 Å². The number of halogens is 3. The molecule has 0 aliphatic carbocycles. The average molecular weight is 252 g/mol. The first-order chi connectivity index (χ1) is 7.52. The largest absolute Gasteiger partial charge is 0.494 e. The van der Waals surface area contributed by atoms with Gasteiger partial charge in [-0.2, -0.15) is 0 Å². The Kier molecular flexibility index (Phi) is 4.00. The second-order valence-corrected chi connectivity index (χ2v) is 3.07. The summed E-state index contributed by atoms with van der Waals surface area (Å²) in [5, 5.41) is 8.74. The van der Waals surface area contributed by atoms with Crippen LogP contribution in [-0.4, -0.2) is 23.2 Å². The molecule has 0 amide bonds. The van der Waals surface area contributed by atoms with Crippen molar-refractivity contribution in [1.82, 2.24) is 4.98 Å². The van der Waals surface area contributed by atoms with Crippen molar-refractivity contribution in [2.24, 2.45) is 0 Å². The first-order valence-electron chi connectivity index (χ1n) is 4.16. The van der Waals surface area contributed by atoms with Gasteiger partial charge in [-0.3, -0.25) is 4.98 Å². The van der Waals surface area contributed by atoms with E-state index in [0.29, 0.717) is 0 Å². The van der Waals surface area contributed by atoms with Crippen molar-refractivity contribution in [2.75, 3.05) is 7.11 Å². The molecule has 0 saturated carbocycles. The Morgan fingerprint density at radius 1 is 1.69 bits per heavy atom. The van der Waals surface area contributed by atoms with E-state index < -0.39 is 23.5 Å². The van der Waals surface area contributed by atoms with Crippen molar-refractivity contribution in [1.29, 1.82) is 0 Å². The molecule has 4 nitrogen and oxygen atoms in total. The van der Waals surface area contributed by atoms with Crippen molar-refractivity contribution in [3.8, 4) is 5.75 Å². The number of hydrogen-bond donors (Lipinski definition) is 1. The van der Waals surface area contributed by atoms with Crippen LogP contribution in [0.25, 0.3) is 0 Å². The van der Waals surface area contributed by atoms with Gasteiger partial charge in [0.05, 0.1) is 29.8 Å². The summed E-state index contributed by atoms with van der Waals surface area (Å²) in [6, 6.07) is 0. The van der Waals surface area contributed by atoms with Gasteiger partial charge in [0, 0.05) is 6.20 Å². The molecule has 0 saturated heterocycles. The number of carboxylic acid groups (broad SMARTS) is 1. The van der Waals surface area contributed by atoms with Crippen molar-refractivity contribution in [3.05, 3.63) is 23.0 Å². The predicted octanol–water partition coefficient (Wildman–Crippen LogP) is 2.46. The monoisotopic (exact) mass is 251 g/mol. The van der Waals surface area contributed by atoms with E-state index in [1.165, 1.54) is 0 Å². The number of aromatic nitrogens is 1. The third-order valence-corrected chi connectivity index (χ3v) is 2.18. The number of pyridine rings is 1. The van der Waals surface area contributed by atoms with Crippen molar-refractivity contribution < 1.29 is 23.4 Å². The predicted molar refractivity (Wildman–Crippen MR) is 52.3 cm³/mol. The third-order valence-electron chi connectivity index (χ3n) is 1.93. The van der Waals surface area contributed by atoms with Crippen LogP contribution in [0.1, 0.15) is 28.0 Å². The fraction of sp³-hybridized carbons (Fsp3) is 0.333. The summed E-state index contributed by atoms with van der Waals surface area (Å²) in [4.78, 5) is 14.4. The zero-order chi connectivity index (χ0) is 12.3. The molecule has 0 radical (unpaired) electrons. The first-order valence-corrected chi connectivity index (χ1v) is 4.69. The lowest BCUT2D eigenvalue weighted by Crippen LogP contribution is -2.08. The molecule has 1 aromatic heterocycles. The molecule has 0 fully saturated rings. The molecule has 0 aliphatic rings. The number of alkyl halides is 3. The minimum atomic E-state index is -2.97. The summed E-state index contributed by atoms with van der Waals surface area (Å²) in [7, 11) is 1.16. The second-order valence-electron chi connectivity index (χ2n) is 2.80. The zero-order valence-electron chi connectivity index (χ0n) is 8.21. The Morgan fingerprint density at radius 3 is 2.69 bits per heavy atom. The van der Waals surface area contributed by atoms with Crippen LogP contribution in [0.4, 0.5) is 8.78 Å². The summed E-state index contributed by atoms with van der Waals surface area (Å²) in [5.74, 6) is -1.89. The molecular formula is C9H8ClF2NO3. The molecule has 0 bridgehead atoms. The maximum absolute atomic E-state index is 12.7. The summed E-state index contributed by atoms with van der Waals surface area (Å²) >= 11 is 5.48. The topological polar surface area (TPSA) is 59.4 Å². The summed E-state index contributed by atoms with van der Waals surface area (Å²) < 4.78 is 30.2. The maximum Gasteiger partial charge on any atom is 0.337 e. The Bertz CT molecular complexity index is 412. The van der Waals surface area contributed by atoms with E-state index in [1.54, 1.807) is 0 Å². The highest BCUT2D eigenvalue weighted by Gasteiger charge is 2.25. The Balaban J connectivity index is 3.50. The molecule has 16 heavy (non-hydrogen) atoms. The number of nitrogens with zero attached hydrogens (tertiary/aromatic N) is 1. The van der Waals surface area contributed by atoms with Gasteiger partial charge in [-0.05, 0) is 0 Å². The summed E-state index contributed by atoms with van der Waals surface area (Å²) in [6.07, 6.45) is -2.12. The van der Waals surface area contributed by atoms with E-state index in [2.05, 4.69) is 4.98 Å². The van der Waals surface area contributed by atoms with Crippen LogP contribution < -0.4 is 4.74 Å². The van der Waals surface area contributed by atoms with Gasteiger partial charge in [0.2, 0.25) is 0 Å². The van der Waals surface area contributed by atoms with Gasteiger partial charge in [0.15, 0.2) is 5.75 Å². The number of methoxy groups -OCH3 is 1. The van der Waals surface area contributed by atoms with E-state index in [4.69, 9.17) is 21.4 Å². The van der Waals surface area contributed by atoms with Gasteiger partial charge in [0.1, 0.15) is 0 Å². The number of aromatic carboxylic acids is 1. The molecule has 1 rings (SSSR count). The first kappa shape index (κ1) is 12.6. The Morgan fingerprint density at radius 2 is 2.31 bits per heavy atom. The highest BCUT2D eigenvalue weighted by Crippen LogP contribution is 2.34. The Hall–Kier alpha value is -1.43. The quantitative estimate of drug-likeness (QED) is 0.835. The number of rotatable bonds is 4. The normalized spacial score (nSPS) is 10.6. The van der Waals surface area contributed by atoms with Gasteiger partial charge in [-0.25, -0.2) is 13.6 Å². The molecule has 1 heterocycles. The highest BCUT2D eigenvalue weighted by atomic mass is 35.5. The lowest BCUT2D eigenvalue weighted by atomic mass is 10.1. The molecule has 7 heteroatoms. The van der Waals surface area contributed by atoms with Crippen LogP contribution in [0.5, 0.6) is 5.75 Å². The van der Waals surface area contributed by atoms with E-state index in [0.717, 1.165) is 13.3 Å². The SMILES string of the molecule is COc1c(CCl)ncc(C(=O)O)c1C(F)F. The number of carbonyl (C=O) groups is 1. The molecule has 1 N–H and O–H groups in total. The molecule has 0 unspecified atom stereocenters. The molecule has 0 aromatic carbocycles. The Labute approximate surface area is 94.8 Å². The van der Waals surface area contributed by atoms with Crippen LogP contribution in [0, 0.1) is 0 Å². The minimum Gasteiger partial charge on any atom is -0.494 e. The van der Waals surface area contributed by atoms with Crippen LogP contribution >= 0.6 is 11.6 Å². The van der Waals surface area contributed by atoms with E-state index in [1.807, 2.05) is 0 Å². The van der Waals surface area contributed by atoms with E-state index >= 15 is 0 Å². The van der Waals surface area contributed by atoms with Gasteiger partial charge >= 0.3 is 5.97 Å². The smallest absolute Gasteiger partial charge is 0.337 e.